The van der Waals surface area contributed by atoms with E-state index in [1.54, 1.807) is 48.4 Å². The van der Waals surface area contributed by atoms with Crippen molar-refractivity contribution in [2.45, 2.75) is 25.0 Å². The molecule has 0 aliphatic carbocycles. The van der Waals surface area contributed by atoms with E-state index in [1.165, 1.54) is 0 Å². The second-order valence-corrected chi connectivity index (χ2v) is 11.1. The number of nitrogens with zero attached hydrogens (tertiary/aromatic N) is 2. The van der Waals surface area contributed by atoms with E-state index in [1.807, 2.05) is 60.7 Å². The average molecular weight is 591 g/mol. The number of amides is 4. The summed E-state index contributed by atoms with van der Waals surface area (Å²) in [6.45, 7) is 0.264. The number of ether oxygens (including phenoxy) is 1. The minimum Gasteiger partial charge on any atom is -0.497 e. The van der Waals surface area contributed by atoms with E-state index >= 15 is 0 Å². The van der Waals surface area contributed by atoms with Crippen molar-refractivity contribution in [1.29, 1.82) is 0 Å². The smallest absolute Gasteiger partial charge is 0.332 e. The zero-order valence-electron chi connectivity index (χ0n) is 23.2. The number of H-pyrrole nitrogens is 1. The quantitative estimate of drug-likeness (QED) is 0.229. The molecule has 43 heavy (non-hydrogen) atoms. The molecule has 1 fully saturated rings. The van der Waals surface area contributed by atoms with E-state index in [9.17, 15) is 14.4 Å². The molecule has 2 atom stereocenters. The first-order valence-corrected chi connectivity index (χ1v) is 14.3. The maximum atomic E-state index is 14.3. The number of carbonyl (C=O) groups is 3. The zero-order chi connectivity index (χ0) is 29.7. The molecule has 4 amide bonds. The van der Waals surface area contributed by atoms with E-state index in [0.717, 1.165) is 38.2 Å². The van der Waals surface area contributed by atoms with Gasteiger partial charge in [-0.05, 0) is 59.2 Å². The molecule has 1 saturated heterocycles. The lowest BCUT2D eigenvalue weighted by Gasteiger charge is -2.36. The van der Waals surface area contributed by atoms with Crippen molar-refractivity contribution in [3.63, 3.8) is 0 Å². The number of hydrogen-bond acceptors (Lipinski definition) is 4. The normalized spacial score (nSPS) is 17.6. The highest BCUT2D eigenvalue weighted by Gasteiger charge is 2.53. The molecule has 7 rings (SSSR count). The lowest BCUT2D eigenvalue weighted by Crippen LogP contribution is -2.44. The van der Waals surface area contributed by atoms with Gasteiger partial charge in [0.05, 0.1) is 18.4 Å². The van der Waals surface area contributed by atoms with Crippen molar-refractivity contribution in [3.05, 3.63) is 130 Å². The molecule has 2 unspecified atom stereocenters. The number of nitrogens with one attached hydrogen (secondary N) is 2. The van der Waals surface area contributed by atoms with Gasteiger partial charge in [0, 0.05) is 34.6 Å². The molecule has 1 aromatic heterocycles. The van der Waals surface area contributed by atoms with Gasteiger partial charge in [-0.15, -0.1) is 0 Å². The molecule has 0 saturated carbocycles. The van der Waals surface area contributed by atoms with Crippen molar-refractivity contribution < 1.29 is 19.1 Å². The Balaban J connectivity index is 1.28. The summed E-state index contributed by atoms with van der Waals surface area (Å²) in [6.07, 6.45) is 0.353. The van der Waals surface area contributed by atoms with Gasteiger partial charge in [-0.1, -0.05) is 66.2 Å². The lowest BCUT2D eigenvalue weighted by molar-refractivity contribution is -0.120. The molecular weight excluding hydrogens is 564 g/mol. The number of halogens is 1. The fourth-order valence-electron chi connectivity index (χ4n) is 6.19. The zero-order valence-corrected chi connectivity index (χ0v) is 24.0. The van der Waals surface area contributed by atoms with Crippen molar-refractivity contribution in [2.75, 3.05) is 12.0 Å². The van der Waals surface area contributed by atoms with Gasteiger partial charge in [-0.25, -0.2) is 9.69 Å². The van der Waals surface area contributed by atoms with E-state index in [-0.39, 0.29) is 23.7 Å². The van der Waals surface area contributed by atoms with Crippen LogP contribution in [0.4, 0.5) is 10.5 Å². The second kappa shape index (κ2) is 10.6. The Morgan fingerprint density at radius 1 is 0.977 bits per heavy atom. The highest BCUT2D eigenvalue weighted by Crippen LogP contribution is 2.45. The Morgan fingerprint density at radius 2 is 1.74 bits per heavy atom. The number of aromatic nitrogens is 1. The first-order chi connectivity index (χ1) is 20.9. The number of urea groups is 1. The largest absolute Gasteiger partial charge is 0.497 e. The molecule has 4 aromatic carbocycles. The maximum absolute atomic E-state index is 14.3. The van der Waals surface area contributed by atoms with Gasteiger partial charge < -0.3 is 15.0 Å². The van der Waals surface area contributed by atoms with Gasteiger partial charge >= 0.3 is 6.03 Å². The highest BCUT2D eigenvalue weighted by atomic mass is 35.5. The fraction of sp³-hybridized carbons (Fsp3) is 0.147. The number of methoxy groups -OCH3 is 1. The average Bonchev–Trinajstić information content (AvgIpc) is 3.53. The first-order valence-electron chi connectivity index (χ1n) is 14.0. The summed E-state index contributed by atoms with van der Waals surface area (Å²) in [5.74, 6) is -0.113. The maximum Gasteiger partial charge on any atom is 0.332 e. The Morgan fingerprint density at radius 3 is 2.56 bits per heavy atom. The van der Waals surface area contributed by atoms with Crippen LogP contribution in [0.3, 0.4) is 0 Å². The minimum atomic E-state index is -0.749. The van der Waals surface area contributed by atoms with Crippen LogP contribution in [0, 0.1) is 0 Å². The molecule has 2 aliphatic heterocycles. The number of aromatic amines is 1. The number of hydrogen-bond donors (Lipinski definition) is 2. The van der Waals surface area contributed by atoms with Crippen LogP contribution in [0.25, 0.3) is 10.9 Å². The van der Waals surface area contributed by atoms with Crippen LogP contribution in [0.15, 0.2) is 97.1 Å². The monoisotopic (exact) mass is 590 g/mol. The van der Waals surface area contributed by atoms with Crippen LogP contribution >= 0.6 is 11.6 Å². The van der Waals surface area contributed by atoms with Crippen molar-refractivity contribution in [2.24, 2.45) is 0 Å². The number of carbonyl (C=O) groups excluding carboxylic acids is 3. The third-order valence-electron chi connectivity index (χ3n) is 8.21. The molecule has 2 aliphatic rings. The van der Waals surface area contributed by atoms with Crippen molar-refractivity contribution in [1.82, 2.24) is 15.2 Å². The SMILES string of the molecule is COc1cccc(C2c3[nH]c4ccccc4c3CC3C(=O)N(c4ccccc4C(=O)NCc4ccc(Cl)cc4)C(=O)N32)c1. The van der Waals surface area contributed by atoms with Gasteiger partial charge in [0.15, 0.2) is 0 Å². The van der Waals surface area contributed by atoms with Crippen LogP contribution in [-0.2, 0) is 17.8 Å². The van der Waals surface area contributed by atoms with E-state index in [2.05, 4.69) is 10.3 Å². The molecule has 8 nitrogen and oxygen atoms in total. The Kier molecular flexibility index (Phi) is 6.63. The third kappa shape index (κ3) is 4.51. The first kappa shape index (κ1) is 26.8. The molecule has 0 radical (unpaired) electrons. The molecule has 5 aromatic rings. The highest BCUT2D eigenvalue weighted by molar-refractivity contribution is 6.30. The number of benzene rings is 4. The summed E-state index contributed by atoms with van der Waals surface area (Å²) >= 11 is 5.99. The summed E-state index contributed by atoms with van der Waals surface area (Å²) in [5.41, 5.74) is 4.98. The summed E-state index contributed by atoms with van der Waals surface area (Å²) in [4.78, 5) is 48.3. The Hall–Kier alpha value is -5.08. The Bertz CT molecular complexity index is 1900. The summed E-state index contributed by atoms with van der Waals surface area (Å²) in [5, 5.41) is 4.53. The molecule has 2 N–H and O–H groups in total. The number of anilines is 1. The van der Waals surface area contributed by atoms with Gasteiger partial charge in [0.2, 0.25) is 0 Å². The van der Waals surface area contributed by atoms with Gasteiger partial charge in [0.1, 0.15) is 17.8 Å². The number of para-hydroxylation sites is 2. The van der Waals surface area contributed by atoms with E-state index in [0.29, 0.717) is 17.2 Å². The molecule has 0 spiro atoms. The third-order valence-corrected chi connectivity index (χ3v) is 8.47. The second-order valence-electron chi connectivity index (χ2n) is 10.7. The predicted molar refractivity (Wildman–Crippen MR) is 164 cm³/mol. The molecular formula is C34H27ClN4O4. The van der Waals surface area contributed by atoms with Crippen molar-refractivity contribution in [3.8, 4) is 5.75 Å². The Labute approximate surface area is 252 Å². The molecule has 9 heteroatoms. The van der Waals surface area contributed by atoms with Crippen LogP contribution in [0.1, 0.15) is 38.8 Å². The molecule has 214 valence electrons. The van der Waals surface area contributed by atoms with Crippen molar-refractivity contribution >= 4 is 46.0 Å². The summed E-state index contributed by atoms with van der Waals surface area (Å²) < 4.78 is 5.50. The van der Waals surface area contributed by atoms with Gasteiger partial charge in [-0.3, -0.25) is 14.5 Å². The number of fused-ring (bicyclic) bond motifs is 4. The van der Waals surface area contributed by atoms with Gasteiger partial charge in [0.25, 0.3) is 11.8 Å². The standard InChI is InChI=1S/C34H27ClN4O4/c1-43-23-8-6-7-21(17-23)31-30-26(24-9-2-4-11-27(24)37-30)18-29-33(41)39(34(42)38(29)31)28-12-5-3-10-25(28)32(40)36-19-20-13-15-22(35)16-14-20/h2-17,29,31,37H,18-19H2,1H3,(H,36,40). The van der Waals surface area contributed by atoms with E-state index in [4.69, 9.17) is 16.3 Å². The van der Waals surface area contributed by atoms with Crippen LogP contribution in [0.5, 0.6) is 5.75 Å². The molecule has 3 heterocycles. The van der Waals surface area contributed by atoms with E-state index < -0.39 is 24.0 Å². The number of imide groups is 1. The fourth-order valence-corrected chi connectivity index (χ4v) is 6.32. The lowest BCUT2D eigenvalue weighted by atomic mass is 9.89. The van der Waals surface area contributed by atoms with Crippen LogP contribution in [-0.4, -0.2) is 40.9 Å². The van der Waals surface area contributed by atoms with Crippen LogP contribution in [0.2, 0.25) is 5.02 Å². The molecule has 0 bridgehead atoms. The summed E-state index contributed by atoms with van der Waals surface area (Å²) in [6, 6.07) is 27.6. The topological polar surface area (TPSA) is 94.7 Å². The predicted octanol–water partition coefficient (Wildman–Crippen LogP) is 6.24. The van der Waals surface area contributed by atoms with Crippen LogP contribution < -0.4 is 15.0 Å². The van der Waals surface area contributed by atoms with Gasteiger partial charge in [-0.2, -0.15) is 0 Å². The minimum absolute atomic E-state index is 0.236. The summed E-state index contributed by atoms with van der Waals surface area (Å²) in [7, 11) is 1.60. The number of rotatable bonds is 6.